The number of phenolic OH excluding ortho intramolecular Hbond substituents is 1. The number of hydrogen-bond acceptors (Lipinski definition) is 4. The molecule has 0 aliphatic rings. The van der Waals surface area contributed by atoms with Gasteiger partial charge in [-0.25, -0.2) is 0 Å². The maximum atomic E-state index is 11.0. The Bertz CT molecular complexity index is 774. The summed E-state index contributed by atoms with van der Waals surface area (Å²) in [6.07, 6.45) is 1.56. The average Bonchev–Trinajstić information content (AvgIpc) is 2.54. The fourth-order valence-corrected chi connectivity index (χ4v) is 2.79. The summed E-state index contributed by atoms with van der Waals surface area (Å²) in [5.41, 5.74) is 1.90. The maximum absolute atomic E-state index is 11.0. The van der Waals surface area contributed by atoms with E-state index in [0.717, 1.165) is 4.47 Å². The standard InChI is InChI=1S/C17H16Br2N2O3/c1-3-24-15-8-14(18)16(19)13(17(15)23)9-20-11-4-6-12(7-5-11)21-10(2)22/h4-9,23H,3H2,1-2H3,(H,21,22). The Balaban J connectivity index is 2.29. The lowest BCUT2D eigenvalue weighted by Crippen LogP contribution is -2.04. The van der Waals surface area contributed by atoms with Crippen molar-refractivity contribution in [1.29, 1.82) is 0 Å². The molecule has 0 unspecified atom stereocenters. The zero-order chi connectivity index (χ0) is 17.7. The molecule has 2 rings (SSSR count). The number of benzene rings is 2. The Hall–Kier alpha value is -1.86. The summed E-state index contributed by atoms with van der Waals surface area (Å²) in [5, 5.41) is 13.0. The van der Waals surface area contributed by atoms with Gasteiger partial charge in [0.25, 0.3) is 0 Å². The lowest BCUT2D eigenvalue weighted by atomic mass is 10.2. The van der Waals surface area contributed by atoms with Crippen LogP contribution in [-0.2, 0) is 4.79 Å². The molecule has 0 fully saturated rings. The van der Waals surface area contributed by atoms with Crippen molar-refractivity contribution in [3.05, 3.63) is 44.8 Å². The molecule has 24 heavy (non-hydrogen) atoms. The minimum absolute atomic E-state index is 0.0190. The van der Waals surface area contributed by atoms with Crippen molar-refractivity contribution >= 4 is 55.4 Å². The molecule has 0 aliphatic heterocycles. The minimum atomic E-state index is -0.127. The van der Waals surface area contributed by atoms with Crippen molar-refractivity contribution in [1.82, 2.24) is 0 Å². The molecule has 5 nitrogen and oxygen atoms in total. The van der Waals surface area contributed by atoms with Gasteiger partial charge in [0.05, 0.1) is 17.9 Å². The van der Waals surface area contributed by atoms with E-state index in [4.69, 9.17) is 4.74 Å². The van der Waals surface area contributed by atoms with Crippen molar-refractivity contribution in [2.75, 3.05) is 11.9 Å². The highest BCUT2D eigenvalue weighted by Gasteiger charge is 2.14. The van der Waals surface area contributed by atoms with Gasteiger partial charge in [-0.1, -0.05) is 0 Å². The molecular weight excluding hydrogens is 440 g/mol. The van der Waals surface area contributed by atoms with E-state index < -0.39 is 0 Å². The van der Waals surface area contributed by atoms with Gasteiger partial charge in [0.1, 0.15) is 0 Å². The first-order valence-electron chi connectivity index (χ1n) is 7.17. The highest BCUT2D eigenvalue weighted by molar-refractivity contribution is 9.13. The van der Waals surface area contributed by atoms with Gasteiger partial charge in [0, 0.05) is 27.8 Å². The van der Waals surface area contributed by atoms with Crippen molar-refractivity contribution < 1.29 is 14.6 Å². The second kappa shape index (κ2) is 8.30. The molecule has 0 saturated carbocycles. The first-order chi connectivity index (χ1) is 11.4. The summed E-state index contributed by atoms with van der Waals surface area (Å²) in [4.78, 5) is 15.4. The van der Waals surface area contributed by atoms with Crippen LogP contribution in [0.25, 0.3) is 0 Å². The predicted molar refractivity (Wildman–Crippen MR) is 103 cm³/mol. The molecule has 126 valence electrons. The number of aliphatic imine (C=N–C) groups is 1. The number of aromatic hydroxyl groups is 1. The normalized spacial score (nSPS) is 10.8. The first kappa shape index (κ1) is 18.5. The zero-order valence-corrected chi connectivity index (χ0v) is 16.3. The van der Waals surface area contributed by atoms with Crippen molar-refractivity contribution in [3.8, 4) is 11.5 Å². The van der Waals surface area contributed by atoms with Crippen LogP contribution in [0.3, 0.4) is 0 Å². The van der Waals surface area contributed by atoms with E-state index >= 15 is 0 Å². The number of rotatable bonds is 5. The summed E-state index contributed by atoms with van der Waals surface area (Å²) >= 11 is 6.85. The van der Waals surface area contributed by atoms with Crippen LogP contribution >= 0.6 is 31.9 Å². The van der Waals surface area contributed by atoms with Gasteiger partial charge in [-0.05, 0) is 69.1 Å². The van der Waals surface area contributed by atoms with Crippen LogP contribution < -0.4 is 10.1 Å². The number of nitrogens with zero attached hydrogens (tertiary/aromatic N) is 1. The second-order valence-corrected chi connectivity index (χ2v) is 6.50. The molecule has 0 atom stereocenters. The van der Waals surface area contributed by atoms with Crippen LogP contribution in [0, 0.1) is 0 Å². The van der Waals surface area contributed by atoms with Crippen LogP contribution in [0.4, 0.5) is 11.4 Å². The first-order valence-corrected chi connectivity index (χ1v) is 8.76. The fourth-order valence-electron chi connectivity index (χ4n) is 1.97. The topological polar surface area (TPSA) is 70.9 Å². The Morgan fingerprint density at radius 1 is 1.33 bits per heavy atom. The summed E-state index contributed by atoms with van der Waals surface area (Å²) < 4.78 is 6.85. The number of ether oxygens (including phenoxy) is 1. The number of anilines is 1. The number of amides is 1. The maximum Gasteiger partial charge on any atom is 0.221 e. The highest BCUT2D eigenvalue weighted by Crippen LogP contribution is 2.39. The van der Waals surface area contributed by atoms with E-state index in [-0.39, 0.29) is 11.7 Å². The Morgan fingerprint density at radius 3 is 2.58 bits per heavy atom. The molecule has 0 saturated heterocycles. The summed E-state index contributed by atoms with van der Waals surface area (Å²) in [6, 6.07) is 8.76. The zero-order valence-electron chi connectivity index (χ0n) is 13.1. The quantitative estimate of drug-likeness (QED) is 0.621. The molecule has 0 aliphatic carbocycles. The molecule has 2 aromatic carbocycles. The van der Waals surface area contributed by atoms with E-state index in [2.05, 4.69) is 42.2 Å². The monoisotopic (exact) mass is 454 g/mol. The Morgan fingerprint density at radius 2 is 2.00 bits per heavy atom. The Labute approximate surface area is 157 Å². The lowest BCUT2D eigenvalue weighted by Gasteiger charge is -2.11. The van der Waals surface area contributed by atoms with Crippen molar-refractivity contribution in [3.63, 3.8) is 0 Å². The van der Waals surface area contributed by atoms with Gasteiger partial charge in [0.15, 0.2) is 11.5 Å². The molecule has 0 radical (unpaired) electrons. The van der Waals surface area contributed by atoms with E-state index in [1.807, 2.05) is 6.92 Å². The number of hydrogen-bond donors (Lipinski definition) is 2. The average molecular weight is 456 g/mol. The van der Waals surface area contributed by atoms with Gasteiger partial charge in [-0.2, -0.15) is 0 Å². The third kappa shape index (κ3) is 4.58. The number of nitrogens with one attached hydrogen (secondary N) is 1. The molecule has 0 aromatic heterocycles. The molecule has 1 amide bonds. The molecule has 7 heteroatoms. The van der Waals surface area contributed by atoms with Gasteiger partial charge in [-0.15, -0.1) is 0 Å². The van der Waals surface area contributed by atoms with Crippen LogP contribution in [0.1, 0.15) is 19.4 Å². The molecule has 0 heterocycles. The number of phenols is 1. The lowest BCUT2D eigenvalue weighted by molar-refractivity contribution is -0.114. The van der Waals surface area contributed by atoms with Gasteiger partial charge in [-0.3, -0.25) is 9.79 Å². The van der Waals surface area contributed by atoms with E-state index in [0.29, 0.717) is 33.8 Å². The van der Waals surface area contributed by atoms with Gasteiger partial charge in [0.2, 0.25) is 5.91 Å². The number of halogens is 2. The predicted octanol–water partition coefficient (Wildman–Crippen LogP) is 5.02. The largest absolute Gasteiger partial charge is 0.504 e. The van der Waals surface area contributed by atoms with E-state index in [1.54, 1.807) is 36.5 Å². The van der Waals surface area contributed by atoms with Crippen LogP contribution in [0.2, 0.25) is 0 Å². The van der Waals surface area contributed by atoms with Crippen LogP contribution in [-0.4, -0.2) is 23.8 Å². The fraction of sp³-hybridized carbons (Fsp3) is 0.176. The summed E-state index contributed by atoms with van der Waals surface area (Å²) in [5.74, 6) is 0.276. The summed E-state index contributed by atoms with van der Waals surface area (Å²) in [6.45, 7) is 3.75. The molecule has 0 bridgehead atoms. The van der Waals surface area contributed by atoms with Crippen LogP contribution in [0.5, 0.6) is 11.5 Å². The molecule has 0 spiro atoms. The summed E-state index contributed by atoms with van der Waals surface area (Å²) in [7, 11) is 0. The molecule has 2 aromatic rings. The Kier molecular flexibility index (Phi) is 6.39. The van der Waals surface area contributed by atoms with Crippen molar-refractivity contribution in [2.45, 2.75) is 13.8 Å². The molecular formula is C17H16Br2N2O3. The van der Waals surface area contributed by atoms with Gasteiger partial charge >= 0.3 is 0 Å². The smallest absolute Gasteiger partial charge is 0.221 e. The molecule has 2 N–H and O–H groups in total. The minimum Gasteiger partial charge on any atom is -0.504 e. The second-order valence-electron chi connectivity index (χ2n) is 4.85. The van der Waals surface area contributed by atoms with Crippen LogP contribution in [0.15, 0.2) is 44.3 Å². The number of carbonyl (C=O) groups excluding carboxylic acids is 1. The third-order valence-corrected chi connectivity index (χ3v) is 5.03. The third-order valence-electron chi connectivity index (χ3n) is 3.02. The van der Waals surface area contributed by atoms with Crippen molar-refractivity contribution in [2.24, 2.45) is 4.99 Å². The SMILES string of the molecule is CCOc1cc(Br)c(Br)c(C=Nc2ccc(NC(C)=O)cc2)c1O. The highest BCUT2D eigenvalue weighted by atomic mass is 79.9. The van der Waals surface area contributed by atoms with Gasteiger partial charge < -0.3 is 15.2 Å². The van der Waals surface area contributed by atoms with E-state index in [9.17, 15) is 9.90 Å². The number of carbonyl (C=O) groups is 1. The van der Waals surface area contributed by atoms with E-state index in [1.165, 1.54) is 6.92 Å².